The second-order valence-corrected chi connectivity index (χ2v) is 3.77. The van der Waals surface area contributed by atoms with Gasteiger partial charge in [-0.2, -0.15) is 5.10 Å². The first-order chi connectivity index (χ1) is 6.72. The Bertz CT molecular complexity index is 343. The summed E-state index contributed by atoms with van der Waals surface area (Å²) in [4.78, 5) is 11.1. The van der Waals surface area contributed by atoms with Crippen molar-refractivity contribution >= 4 is 5.91 Å². The Morgan fingerprint density at radius 1 is 1.79 bits per heavy atom. The summed E-state index contributed by atoms with van der Waals surface area (Å²) in [6.07, 6.45) is 4.48. The van der Waals surface area contributed by atoms with E-state index in [4.69, 9.17) is 5.73 Å². The predicted octanol–water partition coefficient (Wildman–Crippen LogP) is 0.493. The van der Waals surface area contributed by atoms with Crippen molar-refractivity contribution in [1.29, 1.82) is 0 Å². The van der Waals surface area contributed by atoms with Crippen molar-refractivity contribution in [2.75, 3.05) is 0 Å². The number of fused-ring (bicyclic) bond motifs is 1. The topological polar surface area (TPSA) is 60.9 Å². The van der Waals surface area contributed by atoms with Gasteiger partial charge in [-0.1, -0.05) is 0 Å². The summed E-state index contributed by atoms with van der Waals surface area (Å²) in [6, 6.07) is 0. The summed E-state index contributed by atoms with van der Waals surface area (Å²) < 4.78 is 1.96. The van der Waals surface area contributed by atoms with E-state index >= 15 is 0 Å². The molecule has 0 spiro atoms. The SMILES string of the molecule is CCn1ncc2c1C[C@H](C(N)=O)CC2. The maximum Gasteiger partial charge on any atom is 0.220 e. The van der Waals surface area contributed by atoms with E-state index in [-0.39, 0.29) is 11.8 Å². The number of carbonyl (C=O) groups is 1. The van der Waals surface area contributed by atoms with E-state index in [1.807, 2.05) is 10.9 Å². The van der Waals surface area contributed by atoms with Crippen LogP contribution in [0.4, 0.5) is 0 Å². The highest BCUT2D eigenvalue weighted by Crippen LogP contribution is 2.24. The zero-order valence-corrected chi connectivity index (χ0v) is 8.36. The van der Waals surface area contributed by atoms with E-state index in [1.165, 1.54) is 11.3 Å². The highest BCUT2D eigenvalue weighted by Gasteiger charge is 2.25. The first-order valence-electron chi connectivity index (χ1n) is 5.05. The highest BCUT2D eigenvalue weighted by atomic mass is 16.1. The standard InChI is InChI=1S/C10H15N3O/c1-2-13-9-5-7(10(11)14)3-4-8(9)6-12-13/h6-7H,2-5H2,1H3,(H2,11,14)/t7-/m1/s1. The van der Waals surface area contributed by atoms with Crippen LogP contribution >= 0.6 is 0 Å². The Hall–Kier alpha value is -1.32. The normalized spacial score (nSPS) is 20.5. The van der Waals surface area contributed by atoms with E-state index in [1.54, 1.807) is 0 Å². The van der Waals surface area contributed by atoms with Crippen LogP contribution in [0.3, 0.4) is 0 Å². The number of hydrogen-bond acceptors (Lipinski definition) is 2. The van der Waals surface area contributed by atoms with Crippen molar-refractivity contribution in [3.05, 3.63) is 17.5 Å². The molecule has 0 aromatic carbocycles. The summed E-state index contributed by atoms with van der Waals surface area (Å²) >= 11 is 0. The molecule has 1 aliphatic carbocycles. The Kier molecular flexibility index (Phi) is 2.27. The van der Waals surface area contributed by atoms with Gasteiger partial charge in [0.2, 0.25) is 5.91 Å². The number of primary amides is 1. The van der Waals surface area contributed by atoms with Crippen LogP contribution in [-0.4, -0.2) is 15.7 Å². The van der Waals surface area contributed by atoms with Crippen molar-refractivity contribution < 1.29 is 4.79 Å². The third-order valence-corrected chi connectivity index (χ3v) is 2.94. The van der Waals surface area contributed by atoms with Gasteiger partial charge in [0.05, 0.1) is 6.20 Å². The van der Waals surface area contributed by atoms with Crippen LogP contribution in [0.15, 0.2) is 6.20 Å². The van der Waals surface area contributed by atoms with Crippen LogP contribution in [0, 0.1) is 5.92 Å². The van der Waals surface area contributed by atoms with Gasteiger partial charge in [-0.3, -0.25) is 9.48 Å². The monoisotopic (exact) mass is 193 g/mol. The number of nitrogens with zero attached hydrogens (tertiary/aromatic N) is 2. The summed E-state index contributed by atoms with van der Waals surface area (Å²) in [6.45, 7) is 2.92. The molecule has 0 unspecified atom stereocenters. The second kappa shape index (κ2) is 3.44. The fourth-order valence-corrected chi connectivity index (χ4v) is 2.08. The molecule has 0 fully saturated rings. The molecule has 0 aliphatic heterocycles. The molecule has 0 saturated heterocycles. The van der Waals surface area contributed by atoms with Gasteiger partial charge in [-0.05, 0) is 25.3 Å². The molecule has 14 heavy (non-hydrogen) atoms. The van der Waals surface area contributed by atoms with Gasteiger partial charge in [0.15, 0.2) is 0 Å². The number of amides is 1. The van der Waals surface area contributed by atoms with Gasteiger partial charge in [-0.15, -0.1) is 0 Å². The molecule has 2 rings (SSSR count). The molecule has 1 aromatic rings. The molecule has 0 radical (unpaired) electrons. The summed E-state index contributed by atoms with van der Waals surface area (Å²) in [5.41, 5.74) is 7.79. The zero-order chi connectivity index (χ0) is 10.1. The lowest BCUT2D eigenvalue weighted by molar-refractivity contribution is -0.122. The first kappa shape index (κ1) is 9.24. The fourth-order valence-electron chi connectivity index (χ4n) is 2.08. The quantitative estimate of drug-likeness (QED) is 0.743. The van der Waals surface area contributed by atoms with Crippen LogP contribution in [0.2, 0.25) is 0 Å². The average molecular weight is 193 g/mol. The molecule has 76 valence electrons. The number of aromatic nitrogens is 2. The maximum absolute atomic E-state index is 11.1. The Morgan fingerprint density at radius 2 is 2.57 bits per heavy atom. The zero-order valence-electron chi connectivity index (χ0n) is 8.36. The van der Waals surface area contributed by atoms with Crippen LogP contribution in [-0.2, 0) is 24.2 Å². The van der Waals surface area contributed by atoms with Crippen molar-refractivity contribution in [3.8, 4) is 0 Å². The van der Waals surface area contributed by atoms with Crippen LogP contribution in [0.25, 0.3) is 0 Å². The second-order valence-electron chi connectivity index (χ2n) is 3.77. The van der Waals surface area contributed by atoms with Crippen LogP contribution in [0.5, 0.6) is 0 Å². The van der Waals surface area contributed by atoms with Gasteiger partial charge in [0.1, 0.15) is 0 Å². The highest BCUT2D eigenvalue weighted by molar-refractivity contribution is 5.77. The van der Waals surface area contributed by atoms with Crippen molar-refractivity contribution in [1.82, 2.24) is 9.78 Å². The number of nitrogens with two attached hydrogens (primary N) is 1. The van der Waals surface area contributed by atoms with Crippen LogP contribution in [0.1, 0.15) is 24.6 Å². The van der Waals surface area contributed by atoms with E-state index < -0.39 is 0 Å². The third-order valence-electron chi connectivity index (χ3n) is 2.94. The molecule has 1 amide bonds. The lowest BCUT2D eigenvalue weighted by Gasteiger charge is -2.20. The minimum atomic E-state index is -0.181. The lowest BCUT2D eigenvalue weighted by atomic mass is 9.87. The predicted molar refractivity (Wildman–Crippen MR) is 52.6 cm³/mol. The van der Waals surface area contributed by atoms with Crippen LogP contribution < -0.4 is 5.73 Å². The molecular weight excluding hydrogens is 178 g/mol. The number of carbonyl (C=O) groups excluding carboxylic acids is 1. The van der Waals surface area contributed by atoms with Gasteiger partial charge in [0.25, 0.3) is 0 Å². The minimum Gasteiger partial charge on any atom is -0.369 e. The van der Waals surface area contributed by atoms with Gasteiger partial charge >= 0.3 is 0 Å². The van der Waals surface area contributed by atoms with Gasteiger partial charge in [0, 0.05) is 24.6 Å². The van der Waals surface area contributed by atoms with Gasteiger partial charge in [-0.25, -0.2) is 0 Å². The third kappa shape index (κ3) is 1.41. The first-order valence-corrected chi connectivity index (χ1v) is 5.05. The molecule has 1 aromatic heterocycles. The molecule has 4 nitrogen and oxygen atoms in total. The summed E-state index contributed by atoms with van der Waals surface area (Å²) in [5.74, 6) is -0.177. The Balaban J connectivity index is 2.27. The molecule has 1 atom stereocenters. The summed E-state index contributed by atoms with van der Waals surface area (Å²) in [7, 11) is 0. The molecule has 0 saturated carbocycles. The number of rotatable bonds is 2. The lowest BCUT2D eigenvalue weighted by Crippen LogP contribution is -2.29. The number of hydrogen-bond donors (Lipinski definition) is 1. The smallest absolute Gasteiger partial charge is 0.220 e. The fraction of sp³-hybridized carbons (Fsp3) is 0.600. The Morgan fingerprint density at radius 3 is 3.21 bits per heavy atom. The molecule has 2 N–H and O–H groups in total. The molecule has 1 aliphatic rings. The summed E-state index contributed by atoms with van der Waals surface area (Å²) in [5, 5.41) is 4.27. The van der Waals surface area contributed by atoms with E-state index in [0.29, 0.717) is 0 Å². The molecule has 4 heteroatoms. The number of aryl methyl sites for hydroxylation is 2. The maximum atomic E-state index is 11.1. The van der Waals surface area contributed by atoms with E-state index in [9.17, 15) is 4.79 Å². The average Bonchev–Trinajstić information content (AvgIpc) is 2.59. The van der Waals surface area contributed by atoms with E-state index in [2.05, 4.69) is 12.0 Å². The largest absolute Gasteiger partial charge is 0.369 e. The van der Waals surface area contributed by atoms with E-state index in [0.717, 1.165) is 25.8 Å². The molecule has 0 bridgehead atoms. The van der Waals surface area contributed by atoms with Gasteiger partial charge < -0.3 is 5.73 Å². The van der Waals surface area contributed by atoms with Crippen molar-refractivity contribution in [3.63, 3.8) is 0 Å². The Labute approximate surface area is 83.1 Å². The van der Waals surface area contributed by atoms with Crippen molar-refractivity contribution in [2.45, 2.75) is 32.7 Å². The minimum absolute atomic E-state index is 0.00417. The van der Waals surface area contributed by atoms with Crippen molar-refractivity contribution in [2.24, 2.45) is 11.7 Å². The molecular formula is C10H15N3O. The molecule has 1 heterocycles.